The maximum Gasteiger partial charge on any atom is 0.165 e. The van der Waals surface area contributed by atoms with Crippen molar-refractivity contribution in [1.82, 2.24) is 19.1 Å². The van der Waals surface area contributed by atoms with E-state index in [0.717, 1.165) is 55.6 Å². The quantitative estimate of drug-likeness (QED) is 0.169. The Morgan fingerprint density at radius 2 is 0.914 bits per heavy atom. The number of nitrogens with zero attached hydrogens (tertiary/aromatic N) is 4. The van der Waals surface area contributed by atoms with Crippen LogP contribution >= 0.6 is 0 Å². The van der Waals surface area contributed by atoms with Crippen molar-refractivity contribution < 1.29 is 0 Å². The average Bonchev–Trinajstić information content (AvgIpc) is 3.80. The Bertz CT molecular complexity index is 3870. The van der Waals surface area contributed by atoms with Crippen molar-refractivity contribution >= 4 is 97.7 Å². The van der Waals surface area contributed by atoms with Crippen LogP contribution < -0.4 is 0 Å². The van der Waals surface area contributed by atoms with Crippen LogP contribution in [-0.4, -0.2) is 19.1 Å². The van der Waals surface area contributed by atoms with E-state index in [2.05, 4.69) is 191 Å². The van der Waals surface area contributed by atoms with Crippen LogP contribution in [0.25, 0.3) is 120 Å². The lowest BCUT2D eigenvalue weighted by Gasteiger charge is -2.17. The monoisotopic (exact) mass is 736 g/mol. The van der Waals surface area contributed by atoms with E-state index in [-0.39, 0.29) is 0 Å². The maximum absolute atomic E-state index is 5.51. The molecule has 268 valence electrons. The van der Waals surface area contributed by atoms with Crippen LogP contribution in [0.5, 0.6) is 0 Å². The molecule has 13 aromatic rings. The highest BCUT2D eigenvalue weighted by atomic mass is 15.1. The van der Waals surface area contributed by atoms with E-state index >= 15 is 0 Å². The molecule has 0 radical (unpaired) electrons. The molecule has 3 heterocycles. The fraction of sp³-hybridized carbons (Fsp3) is 0. The van der Waals surface area contributed by atoms with Crippen LogP contribution in [0.1, 0.15) is 0 Å². The van der Waals surface area contributed by atoms with Crippen molar-refractivity contribution in [2.24, 2.45) is 0 Å². The van der Waals surface area contributed by atoms with Gasteiger partial charge in [-0.2, -0.15) is 0 Å². The van der Waals surface area contributed by atoms with Crippen molar-refractivity contribution in [1.29, 1.82) is 0 Å². The molecule has 3 aromatic heterocycles. The number of aromatic nitrogens is 4. The van der Waals surface area contributed by atoms with Crippen LogP contribution in [0.2, 0.25) is 0 Å². The number of hydrogen-bond acceptors (Lipinski definition) is 2. The van der Waals surface area contributed by atoms with Gasteiger partial charge < -0.3 is 4.57 Å². The third-order valence-corrected chi connectivity index (χ3v) is 12.2. The molecule has 4 heteroatoms. The molecule has 0 saturated heterocycles. The molecule has 0 unspecified atom stereocenters. The Balaban J connectivity index is 1.14. The molecule has 58 heavy (non-hydrogen) atoms. The van der Waals surface area contributed by atoms with Gasteiger partial charge in [0.05, 0.1) is 38.8 Å². The summed E-state index contributed by atoms with van der Waals surface area (Å²) in [5, 5.41) is 14.5. The van der Waals surface area contributed by atoms with Gasteiger partial charge in [0.2, 0.25) is 0 Å². The fourth-order valence-electron chi connectivity index (χ4n) is 9.72. The Labute approximate surface area is 332 Å². The molecule has 0 fully saturated rings. The van der Waals surface area contributed by atoms with Crippen molar-refractivity contribution in [3.63, 3.8) is 0 Å². The van der Waals surface area contributed by atoms with Crippen molar-refractivity contribution in [2.75, 3.05) is 0 Å². The van der Waals surface area contributed by atoms with Crippen LogP contribution in [0.3, 0.4) is 0 Å². The molecule has 0 amide bonds. The SMILES string of the molecule is c1cc(-n2c3ccccc3c3c4ccccc4ccc32)c2cc3c4ccccc4n(-c4nc5ccccc5nc4-c4cc5ccccc5c5ccccc45)c3cc2c1. The molecule has 13 rings (SSSR count). The maximum atomic E-state index is 5.51. The third kappa shape index (κ3) is 4.34. The molecular formula is C54H32N4. The van der Waals surface area contributed by atoms with Gasteiger partial charge in [-0.25, -0.2) is 9.97 Å². The summed E-state index contributed by atoms with van der Waals surface area (Å²) in [6, 6.07) is 70.1. The lowest BCUT2D eigenvalue weighted by Crippen LogP contribution is -2.04. The minimum atomic E-state index is 0.815. The van der Waals surface area contributed by atoms with Gasteiger partial charge in [0.25, 0.3) is 0 Å². The molecular weight excluding hydrogens is 705 g/mol. The van der Waals surface area contributed by atoms with Gasteiger partial charge in [-0.1, -0.05) is 140 Å². The van der Waals surface area contributed by atoms with E-state index in [4.69, 9.17) is 9.97 Å². The van der Waals surface area contributed by atoms with Crippen LogP contribution in [-0.2, 0) is 0 Å². The summed E-state index contributed by atoms with van der Waals surface area (Å²) in [7, 11) is 0. The molecule has 0 spiro atoms. The zero-order chi connectivity index (χ0) is 37.9. The predicted molar refractivity (Wildman–Crippen MR) is 244 cm³/mol. The summed E-state index contributed by atoms with van der Waals surface area (Å²) < 4.78 is 4.81. The van der Waals surface area contributed by atoms with Crippen molar-refractivity contribution in [3.05, 3.63) is 194 Å². The zero-order valence-electron chi connectivity index (χ0n) is 31.3. The van der Waals surface area contributed by atoms with E-state index in [1.807, 2.05) is 12.1 Å². The van der Waals surface area contributed by atoms with Gasteiger partial charge in [-0.05, 0) is 92.3 Å². The average molecular weight is 737 g/mol. The van der Waals surface area contributed by atoms with Gasteiger partial charge in [-0.3, -0.25) is 4.57 Å². The molecule has 0 N–H and O–H groups in total. The summed E-state index contributed by atoms with van der Waals surface area (Å²) in [5.41, 5.74) is 9.39. The lowest BCUT2D eigenvalue weighted by atomic mass is 9.95. The predicted octanol–water partition coefficient (Wildman–Crippen LogP) is 14.1. The number of benzene rings is 10. The number of hydrogen-bond donors (Lipinski definition) is 0. The van der Waals surface area contributed by atoms with E-state index in [9.17, 15) is 0 Å². The molecule has 0 aliphatic carbocycles. The van der Waals surface area contributed by atoms with E-state index < -0.39 is 0 Å². The van der Waals surface area contributed by atoms with Gasteiger partial charge >= 0.3 is 0 Å². The number of rotatable bonds is 3. The largest absolute Gasteiger partial charge is 0.309 e. The Hall–Kier alpha value is -7.82. The van der Waals surface area contributed by atoms with Crippen LogP contribution in [0.15, 0.2) is 194 Å². The Kier molecular flexibility index (Phi) is 6.41. The Morgan fingerprint density at radius 3 is 1.74 bits per heavy atom. The first-order valence-electron chi connectivity index (χ1n) is 19.8. The highest BCUT2D eigenvalue weighted by molar-refractivity contribution is 6.22. The number of para-hydroxylation sites is 4. The highest BCUT2D eigenvalue weighted by Gasteiger charge is 2.23. The molecule has 4 nitrogen and oxygen atoms in total. The van der Waals surface area contributed by atoms with E-state index in [0.29, 0.717) is 0 Å². The molecule has 0 aliphatic rings. The smallest absolute Gasteiger partial charge is 0.165 e. The van der Waals surface area contributed by atoms with Gasteiger partial charge in [0.1, 0.15) is 5.69 Å². The second-order valence-corrected chi connectivity index (χ2v) is 15.3. The van der Waals surface area contributed by atoms with Crippen molar-refractivity contribution in [2.45, 2.75) is 0 Å². The molecule has 10 aromatic carbocycles. The molecule has 0 atom stereocenters. The van der Waals surface area contributed by atoms with E-state index in [1.165, 1.54) is 64.9 Å². The van der Waals surface area contributed by atoms with Gasteiger partial charge in [0.15, 0.2) is 5.82 Å². The second-order valence-electron chi connectivity index (χ2n) is 15.3. The summed E-state index contributed by atoms with van der Waals surface area (Å²) >= 11 is 0. The summed E-state index contributed by atoms with van der Waals surface area (Å²) in [6.45, 7) is 0. The zero-order valence-corrected chi connectivity index (χ0v) is 31.3. The minimum absolute atomic E-state index is 0.815. The second kappa shape index (κ2) is 11.8. The van der Waals surface area contributed by atoms with Crippen LogP contribution in [0, 0.1) is 0 Å². The van der Waals surface area contributed by atoms with Gasteiger partial charge in [-0.15, -0.1) is 0 Å². The lowest BCUT2D eigenvalue weighted by molar-refractivity contribution is 1.08. The molecule has 0 bridgehead atoms. The fourth-order valence-corrected chi connectivity index (χ4v) is 9.72. The van der Waals surface area contributed by atoms with Gasteiger partial charge in [0, 0.05) is 32.5 Å². The van der Waals surface area contributed by atoms with Crippen molar-refractivity contribution in [3.8, 4) is 22.8 Å². The number of fused-ring (bicyclic) bond motifs is 13. The molecule has 0 aliphatic heterocycles. The first-order chi connectivity index (χ1) is 28.8. The normalized spacial score (nSPS) is 12.1. The third-order valence-electron chi connectivity index (χ3n) is 12.2. The summed E-state index contributed by atoms with van der Waals surface area (Å²) in [6.07, 6.45) is 0. The first-order valence-corrected chi connectivity index (χ1v) is 19.8. The summed E-state index contributed by atoms with van der Waals surface area (Å²) in [5.74, 6) is 0.815. The first kappa shape index (κ1) is 31.4. The standard InChI is InChI=1S/C54H32N4/c1-4-18-37-33(14-1)28-29-50-52(37)41-22-8-12-26-48(41)57(50)49-27-13-16-35-31-51-43(32-42(35)49)40-21-7-11-25-47(40)58(51)54-53(55-45-23-9-10-24-46(45)56-54)44-30-34-15-2-3-17-36(34)38-19-5-6-20-39(38)44/h1-32H. The highest BCUT2D eigenvalue weighted by Crippen LogP contribution is 2.43. The van der Waals surface area contributed by atoms with Crippen LogP contribution in [0.4, 0.5) is 0 Å². The summed E-state index contributed by atoms with van der Waals surface area (Å²) in [4.78, 5) is 11.0. The topological polar surface area (TPSA) is 35.6 Å². The Morgan fingerprint density at radius 1 is 0.310 bits per heavy atom. The minimum Gasteiger partial charge on any atom is -0.309 e. The van der Waals surface area contributed by atoms with E-state index in [1.54, 1.807) is 0 Å². The molecule has 0 saturated carbocycles.